The molecular formula is C12H15IN2O3. The smallest absolute Gasteiger partial charge is 0.263 e. The fourth-order valence-corrected chi connectivity index (χ4v) is 2.19. The van der Waals surface area contributed by atoms with Crippen LogP contribution in [0.2, 0.25) is 0 Å². The van der Waals surface area contributed by atoms with Crippen molar-refractivity contribution in [3.63, 3.8) is 0 Å². The fourth-order valence-electron chi connectivity index (χ4n) is 1.83. The molecular weight excluding hydrogens is 347 g/mol. The number of hydrogen-bond acceptors (Lipinski definition) is 4. The number of nitrogens with one attached hydrogen (secondary N) is 1. The van der Waals surface area contributed by atoms with Gasteiger partial charge < -0.3 is 9.47 Å². The van der Waals surface area contributed by atoms with Crippen molar-refractivity contribution >= 4 is 28.5 Å². The van der Waals surface area contributed by atoms with Gasteiger partial charge in [0.2, 0.25) is 0 Å². The minimum absolute atomic E-state index is 0.0495. The summed E-state index contributed by atoms with van der Waals surface area (Å²) in [5.74, 6) is 5.60. The Balaban J connectivity index is 1.78. The highest BCUT2D eigenvalue weighted by molar-refractivity contribution is 14.1. The average Bonchev–Trinajstić information content (AvgIpc) is 2.86. The van der Waals surface area contributed by atoms with E-state index in [0.717, 1.165) is 15.7 Å². The van der Waals surface area contributed by atoms with Crippen LogP contribution in [0.15, 0.2) is 24.3 Å². The Morgan fingerprint density at radius 2 is 2.17 bits per heavy atom. The number of amides is 1. The van der Waals surface area contributed by atoms with Gasteiger partial charge in [-0.25, -0.2) is 5.84 Å². The maximum atomic E-state index is 11.3. The van der Waals surface area contributed by atoms with E-state index in [0.29, 0.717) is 13.0 Å². The molecule has 18 heavy (non-hydrogen) atoms. The molecule has 0 saturated carbocycles. The number of benzene rings is 1. The number of halogens is 1. The van der Waals surface area contributed by atoms with Gasteiger partial charge in [-0.15, -0.1) is 0 Å². The predicted molar refractivity (Wildman–Crippen MR) is 74.9 cm³/mol. The summed E-state index contributed by atoms with van der Waals surface area (Å²) in [4.78, 5) is 11.3. The van der Waals surface area contributed by atoms with Gasteiger partial charge in [-0.2, -0.15) is 0 Å². The Bertz CT molecular complexity index is 410. The lowest BCUT2D eigenvalue weighted by molar-refractivity contribution is -0.132. The number of nitrogens with two attached hydrogens (primary N) is 1. The quantitative estimate of drug-likeness (QED) is 0.366. The van der Waals surface area contributed by atoms with E-state index >= 15 is 0 Å². The van der Waals surface area contributed by atoms with Crippen LogP contribution < -0.4 is 16.0 Å². The molecule has 0 aromatic heterocycles. The molecule has 1 aromatic rings. The zero-order chi connectivity index (χ0) is 13.0. The van der Waals surface area contributed by atoms with E-state index in [1.165, 1.54) is 0 Å². The van der Waals surface area contributed by atoms with E-state index in [1.54, 1.807) is 0 Å². The summed E-state index contributed by atoms with van der Waals surface area (Å²) in [6.45, 7) is 0.453. The van der Waals surface area contributed by atoms with Crippen LogP contribution >= 0.6 is 22.6 Å². The summed E-state index contributed by atoms with van der Waals surface area (Å²) >= 11 is 2.24. The highest BCUT2D eigenvalue weighted by Crippen LogP contribution is 2.21. The molecule has 2 rings (SSSR count). The van der Waals surface area contributed by atoms with Gasteiger partial charge in [-0.05, 0) is 59.7 Å². The van der Waals surface area contributed by atoms with E-state index in [9.17, 15) is 4.79 Å². The molecule has 2 atom stereocenters. The van der Waals surface area contributed by atoms with Crippen LogP contribution in [-0.4, -0.2) is 24.7 Å². The third-order valence-electron chi connectivity index (χ3n) is 2.79. The number of rotatable bonds is 4. The van der Waals surface area contributed by atoms with Crippen molar-refractivity contribution in [3.05, 3.63) is 27.8 Å². The van der Waals surface area contributed by atoms with Crippen LogP contribution in [0.25, 0.3) is 0 Å². The monoisotopic (exact) mass is 362 g/mol. The number of ether oxygens (including phenoxy) is 2. The van der Waals surface area contributed by atoms with Crippen LogP contribution in [0, 0.1) is 3.57 Å². The largest absolute Gasteiger partial charge is 0.491 e. The SMILES string of the molecule is NNC(=O)C1CCC(COc2ccc(I)cc2)O1. The molecule has 3 N–H and O–H groups in total. The van der Waals surface area contributed by atoms with Gasteiger partial charge in [0.1, 0.15) is 18.5 Å². The predicted octanol–water partition coefficient (Wildman–Crippen LogP) is 1.21. The molecule has 1 aliphatic rings. The Morgan fingerprint density at radius 3 is 2.83 bits per heavy atom. The molecule has 1 fully saturated rings. The number of hydrazine groups is 1. The van der Waals surface area contributed by atoms with E-state index in [2.05, 4.69) is 28.0 Å². The van der Waals surface area contributed by atoms with Gasteiger partial charge >= 0.3 is 0 Å². The molecule has 1 aromatic carbocycles. The summed E-state index contributed by atoms with van der Waals surface area (Å²) in [6.07, 6.45) is 0.999. The number of carbonyl (C=O) groups is 1. The number of carbonyl (C=O) groups excluding carboxylic acids is 1. The molecule has 2 unspecified atom stereocenters. The maximum Gasteiger partial charge on any atom is 0.263 e. The van der Waals surface area contributed by atoms with E-state index in [4.69, 9.17) is 15.3 Å². The van der Waals surface area contributed by atoms with Crippen LogP contribution in [-0.2, 0) is 9.53 Å². The van der Waals surface area contributed by atoms with Gasteiger partial charge in [-0.3, -0.25) is 10.2 Å². The first-order valence-corrected chi connectivity index (χ1v) is 6.81. The second-order valence-electron chi connectivity index (χ2n) is 4.10. The minimum atomic E-state index is -0.444. The van der Waals surface area contributed by atoms with Gasteiger partial charge in [0.15, 0.2) is 0 Å². The normalized spacial score (nSPS) is 22.8. The molecule has 98 valence electrons. The minimum Gasteiger partial charge on any atom is -0.491 e. The second kappa shape index (κ2) is 6.35. The summed E-state index contributed by atoms with van der Waals surface area (Å²) in [5.41, 5.74) is 2.10. The van der Waals surface area contributed by atoms with Crippen molar-refractivity contribution in [2.24, 2.45) is 5.84 Å². The Morgan fingerprint density at radius 1 is 1.44 bits per heavy atom. The van der Waals surface area contributed by atoms with Crippen molar-refractivity contribution in [3.8, 4) is 5.75 Å². The van der Waals surface area contributed by atoms with Crippen molar-refractivity contribution < 1.29 is 14.3 Å². The zero-order valence-corrected chi connectivity index (χ0v) is 11.9. The third-order valence-corrected chi connectivity index (χ3v) is 3.51. The lowest BCUT2D eigenvalue weighted by Crippen LogP contribution is -2.39. The molecule has 6 heteroatoms. The first kappa shape index (κ1) is 13.6. The molecule has 0 spiro atoms. The molecule has 0 aliphatic carbocycles. The van der Waals surface area contributed by atoms with Gasteiger partial charge in [-0.1, -0.05) is 0 Å². The highest BCUT2D eigenvalue weighted by atomic mass is 127. The number of hydrogen-bond donors (Lipinski definition) is 2. The third kappa shape index (κ3) is 3.56. The molecule has 0 bridgehead atoms. The van der Waals surface area contributed by atoms with Gasteiger partial charge in [0, 0.05) is 3.57 Å². The van der Waals surface area contributed by atoms with Crippen molar-refractivity contribution in [1.82, 2.24) is 5.43 Å². The molecule has 1 aliphatic heterocycles. The molecule has 1 amide bonds. The summed E-state index contributed by atoms with van der Waals surface area (Å²) in [7, 11) is 0. The summed E-state index contributed by atoms with van der Waals surface area (Å²) < 4.78 is 12.3. The Kier molecular flexibility index (Phi) is 4.79. The zero-order valence-electron chi connectivity index (χ0n) is 9.77. The Hall–Kier alpha value is -0.860. The lowest BCUT2D eigenvalue weighted by atomic mass is 10.2. The second-order valence-corrected chi connectivity index (χ2v) is 5.34. The summed E-state index contributed by atoms with van der Waals surface area (Å²) in [6, 6.07) is 7.80. The van der Waals surface area contributed by atoms with Crippen molar-refractivity contribution in [2.75, 3.05) is 6.61 Å². The van der Waals surface area contributed by atoms with Crippen molar-refractivity contribution in [2.45, 2.75) is 25.0 Å². The standard InChI is InChI=1S/C12H15IN2O3/c13-8-1-3-9(4-2-8)17-7-10-5-6-11(18-10)12(16)15-14/h1-4,10-11H,5-7,14H2,(H,15,16). The molecule has 1 saturated heterocycles. The molecule has 1 heterocycles. The van der Waals surface area contributed by atoms with Crippen LogP contribution in [0.3, 0.4) is 0 Å². The molecule has 5 nitrogen and oxygen atoms in total. The molecule has 0 radical (unpaired) electrons. The first-order valence-electron chi connectivity index (χ1n) is 5.73. The van der Waals surface area contributed by atoms with Gasteiger partial charge in [0.05, 0.1) is 6.10 Å². The lowest BCUT2D eigenvalue weighted by Gasteiger charge is -2.13. The Labute approximate surface area is 119 Å². The van der Waals surface area contributed by atoms with Crippen molar-refractivity contribution in [1.29, 1.82) is 0 Å². The van der Waals surface area contributed by atoms with Crippen LogP contribution in [0.5, 0.6) is 5.75 Å². The van der Waals surface area contributed by atoms with E-state index < -0.39 is 6.10 Å². The van der Waals surface area contributed by atoms with E-state index in [1.807, 2.05) is 24.3 Å². The maximum absolute atomic E-state index is 11.3. The van der Waals surface area contributed by atoms with Crippen LogP contribution in [0.1, 0.15) is 12.8 Å². The fraction of sp³-hybridized carbons (Fsp3) is 0.417. The average molecular weight is 362 g/mol. The van der Waals surface area contributed by atoms with Crippen LogP contribution in [0.4, 0.5) is 0 Å². The summed E-state index contributed by atoms with van der Waals surface area (Å²) in [5, 5.41) is 0. The first-order chi connectivity index (χ1) is 8.69. The topological polar surface area (TPSA) is 73.6 Å². The highest BCUT2D eigenvalue weighted by Gasteiger charge is 2.30. The van der Waals surface area contributed by atoms with E-state index in [-0.39, 0.29) is 12.0 Å². The van der Waals surface area contributed by atoms with Gasteiger partial charge in [0.25, 0.3) is 5.91 Å².